The maximum absolute atomic E-state index is 12.4. The van der Waals surface area contributed by atoms with Crippen LogP contribution in [0.25, 0.3) is 0 Å². The van der Waals surface area contributed by atoms with Crippen LogP contribution >= 0.6 is 15.9 Å². The van der Waals surface area contributed by atoms with Gasteiger partial charge in [0.2, 0.25) is 0 Å². The summed E-state index contributed by atoms with van der Waals surface area (Å²) in [6, 6.07) is 3.47. The highest BCUT2D eigenvalue weighted by Crippen LogP contribution is 2.30. The number of halogens is 4. The average Bonchev–Trinajstić information content (AvgIpc) is 2.38. The van der Waals surface area contributed by atoms with Crippen LogP contribution in [0.5, 0.6) is 5.75 Å². The van der Waals surface area contributed by atoms with E-state index in [1.807, 2.05) is 0 Å². The molecule has 1 N–H and O–H groups in total. The van der Waals surface area contributed by atoms with Gasteiger partial charge in [-0.25, -0.2) is 4.79 Å². The van der Waals surface area contributed by atoms with Crippen molar-refractivity contribution in [3.63, 3.8) is 0 Å². The van der Waals surface area contributed by atoms with Gasteiger partial charge in [0.25, 0.3) is 0 Å². The van der Waals surface area contributed by atoms with Gasteiger partial charge in [0.15, 0.2) is 0 Å². The Kier molecular flexibility index (Phi) is 6.47. The molecule has 1 rings (SSSR count). The van der Waals surface area contributed by atoms with E-state index in [1.54, 1.807) is 19.1 Å². The second-order valence-electron chi connectivity index (χ2n) is 4.07. The summed E-state index contributed by atoms with van der Waals surface area (Å²) in [6.45, 7) is 0.336. The van der Waals surface area contributed by atoms with E-state index in [1.165, 1.54) is 13.2 Å². The molecule has 0 amide bonds. The summed E-state index contributed by atoms with van der Waals surface area (Å²) in [5.41, 5.74) is 0.273. The van der Waals surface area contributed by atoms with Crippen molar-refractivity contribution < 1.29 is 27.4 Å². The van der Waals surface area contributed by atoms with Gasteiger partial charge < -0.3 is 9.47 Å². The lowest BCUT2D eigenvalue weighted by molar-refractivity contribution is -0.149. The normalized spacial score (nSPS) is 12.9. The first-order valence-electron chi connectivity index (χ1n) is 6.08. The first-order chi connectivity index (χ1) is 9.78. The van der Waals surface area contributed by atoms with Crippen LogP contribution in [0.4, 0.5) is 13.2 Å². The largest absolute Gasteiger partial charge is 0.496 e. The lowest BCUT2D eigenvalue weighted by atomic mass is 10.1. The molecule has 1 atom stereocenters. The fraction of sp³-hybridized carbons (Fsp3) is 0.462. The molecule has 0 aliphatic rings. The zero-order valence-corrected chi connectivity index (χ0v) is 13.0. The molecular formula is C13H15BrF3NO3. The van der Waals surface area contributed by atoms with Gasteiger partial charge in [-0.1, -0.05) is 15.9 Å². The summed E-state index contributed by atoms with van der Waals surface area (Å²) in [4.78, 5) is 11.9. The van der Waals surface area contributed by atoms with Crippen LogP contribution in [0, 0.1) is 0 Å². The van der Waals surface area contributed by atoms with Gasteiger partial charge in [-0.15, -0.1) is 0 Å². The third-order valence-corrected chi connectivity index (χ3v) is 3.02. The minimum atomic E-state index is -4.44. The van der Waals surface area contributed by atoms with E-state index in [4.69, 9.17) is 9.47 Å². The van der Waals surface area contributed by atoms with Crippen molar-refractivity contribution in [3.05, 3.63) is 28.2 Å². The molecule has 1 aromatic rings. The Hall–Kier alpha value is -1.28. The molecule has 0 spiro atoms. The summed E-state index contributed by atoms with van der Waals surface area (Å²) in [5.74, 6) is -0.496. The van der Waals surface area contributed by atoms with Gasteiger partial charge in [0.05, 0.1) is 20.3 Å². The van der Waals surface area contributed by atoms with Crippen LogP contribution in [-0.4, -0.2) is 32.4 Å². The van der Waals surface area contributed by atoms with Crippen LogP contribution in [0.3, 0.4) is 0 Å². The maximum atomic E-state index is 12.4. The monoisotopic (exact) mass is 369 g/mol. The third-order valence-electron chi connectivity index (χ3n) is 2.53. The molecule has 1 unspecified atom stereocenters. The summed E-state index contributed by atoms with van der Waals surface area (Å²) < 4.78 is 47.7. The molecule has 1 aromatic carbocycles. The molecule has 0 heterocycles. The Labute approximate surface area is 128 Å². The van der Waals surface area contributed by atoms with Gasteiger partial charge >= 0.3 is 12.1 Å². The zero-order valence-electron chi connectivity index (χ0n) is 11.5. The topological polar surface area (TPSA) is 47.6 Å². The smallest absolute Gasteiger partial charge is 0.401 e. The highest BCUT2D eigenvalue weighted by atomic mass is 79.9. The molecule has 0 radical (unpaired) electrons. The molecular weight excluding hydrogens is 355 g/mol. The fourth-order valence-corrected chi connectivity index (χ4v) is 2.07. The molecule has 0 saturated heterocycles. The number of esters is 1. The van der Waals surface area contributed by atoms with E-state index in [0.29, 0.717) is 10.2 Å². The summed E-state index contributed by atoms with van der Waals surface area (Å²) in [5, 5.41) is 2.16. The number of carbonyl (C=O) groups excluding carboxylic acids is 1. The van der Waals surface area contributed by atoms with Crippen LogP contribution in [-0.2, 0) is 9.53 Å². The number of hydrogen-bond acceptors (Lipinski definition) is 4. The van der Waals surface area contributed by atoms with Gasteiger partial charge in [-0.2, -0.15) is 13.2 Å². The predicted octanol–water partition coefficient (Wildman–Crippen LogP) is 3.21. The Bertz CT molecular complexity index is 494. The summed E-state index contributed by atoms with van der Waals surface area (Å²) >= 11 is 3.21. The number of methoxy groups -OCH3 is 1. The van der Waals surface area contributed by atoms with Crippen LogP contribution in [0.1, 0.15) is 18.5 Å². The van der Waals surface area contributed by atoms with Crippen molar-refractivity contribution in [3.8, 4) is 5.75 Å². The molecule has 0 aliphatic carbocycles. The lowest BCUT2D eigenvalue weighted by Crippen LogP contribution is -2.37. The van der Waals surface area contributed by atoms with Crippen LogP contribution in [0.2, 0.25) is 0 Å². The van der Waals surface area contributed by atoms with E-state index >= 15 is 0 Å². The predicted molar refractivity (Wildman–Crippen MR) is 74.1 cm³/mol. The number of nitrogens with one attached hydrogen (secondary N) is 1. The maximum Gasteiger partial charge on any atom is 0.401 e. The third kappa shape index (κ3) is 5.55. The Balaban J connectivity index is 3.10. The van der Waals surface area contributed by atoms with Crippen LogP contribution < -0.4 is 10.1 Å². The first kappa shape index (κ1) is 17.8. The molecule has 0 aromatic heterocycles. The highest BCUT2D eigenvalue weighted by molar-refractivity contribution is 9.10. The number of hydrogen-bond donors (Lipinski definition) is 1. The fourth-order valence-electron chi connectivity index (χ4n) is 1.69. The standard InChI is InChI=1S/C13H15BrF3NO3/c1-3-21-12(19)11(18-7-13(15,16)17)9-6-8(14)4-5-10(9)20-2/h4-6,11,18H,3,7H2,1-2H3. The summed E-state index contributed by atoms with van der Waals surface area (Å²) in [7, 11) is 1.37. The van der Waals surface area contributed by atoms with Gasteiger partial charge in [-0.05, 0) is 25.1 Å². The Morgan fingerprint density at radius 1 is 1.43 bits per heavy atom. The van der Waals surface area contributed by atoms with E-state index in [2.05, 4.69) is 21.2 Å². The van der Waals surface area contributed by atoms with E-state index < -0.39 is 24.7 Å². The minimum absolute atomic E-state index is 0.0688. The molecule has 4 nitrogen and oxygen atoms in total. The second kappa shape index (κ2) is 7.65. The molecule has 118 valence electrons. The number of ether oxygens (including phenoxy) is 2. The first-order valence-corrected chi connectivity index (χ1v) is 6.88. The van der Waals surface area contributed by atoms with Gasteiger partial charge in [0.1, 0.15) is 11.8 Å². The van der Waals surface area contributed by atoms with Crippen molar-refractivity contribution >= 4 is 21.9 Å². The van der Waals surface area contributed by atoms with Crippen molar-refractivity contribution in [2.75, 3.05) is 20.3 Å². The van der Waals surface area contributed by atoms with Crippen molar-refractivity contribution in [1.29, 1.82) is 0 Å². The number of benzene rings is 1. The van der Waals surface area contributed by atoms with E-state index in [0.717, 1.165) is 0 Å². The number of alkyl halides is 3. The van der Waals surface area contributed by atoms with E-state index in [-0.39, 0.29) is 12.2 Å². The number of rotatable bonds is 6. The van der Waals surface area contributed by atoms with Crippen molar-refractivity contribution in [2.45, 2.75) is 19.1 Å². The summed E-state index contributed by atoms with van der Waals surface area (Å²) in [6.07, 6.45) is -4.44. The quantitative estimate of drug-likeness (QED) is 0.782. The molecule has 0 bridgehead atoms. The molecule has 0 saturated carbocycles. The second-order valence-corrected chi connectivity index (χ2v) is 4.98. The zero-order chi connectivity index (χ0) is 16.0. The molecule has 0 aliphatic heterocycles. The Morgan fingerprint density at radius 2 is 2.10 bits per heavy atom. The highest BCUT2D eigenvalue weighted by Gasteiger charge is 2.32. The molecule has 0 fully saturated rings. The Morgan fingerprint density at radius 3 is 2.62 bits per heavy atom. The van der Waals surface area contributed by atoms with Gasteiger partial charge in [-0.3, -0.25) is 5.32 Å². The SMILES string of the molecule is CCOC(=O)C(NCC(F)(F)F)c1cc(Br)ccc1OC. The molecule has 21 heavy (non-hydrogen) atoms. The number of carbonyl (C=O) groups is 1. The lowest BCUT2D eigenvalue weighted by Gasteiger charge is -2.21. The van der Waals surface area contributed by atoms with Gasteiger partial charge in [0, 0.05) is 10.0 Å². The average molecular weight is 370 g/mol. The molecule has 8 heteroatoms. The van der Waals surface area contributed by atoms with Crippen molar-refractivity contribution in [1.82, 2.24) is 5.32 Å². The van der Waals surface area contributed by atoms with Crippen molar-refractivity contribution in [2.24, 2.45) is 0 Å². The van der Waals surface area contributed by atoms with E-state index in [9.17, 15) is 18.0 Å². The van der Waals surface area contributed by atoms with Crippen LogP contribution in [0.15, 0.2) is 22.7 Å². The minimum Gasteiger partial charge on any atom is -0.496 e.